The molecule has 2 aliphatic rings. The van der Waals surface area contributed by atoms with E-state index in [2.05, 4.69) is 19.9 Å². The van der Waals surface area contributed by atoms with Crippen molar-refractivity contribution in [2.24, 2.45) is 0 Å². The summed E-state index contributed by atoms with van der Waals surface area (Å²) in [5.74, 6) is 0.906. The van der Waals surface area contributed by atoms with Crippen LogP contribution in [-0.4, -0.2) is 50.9 Å². The maximum Gasteiger partial charge on any atom is 0.266 e. The number of piperazine rings is 1. The van der Waals surface area contributed by atoms with Crippen LogP contribution in [0.1, 0.15) is 38.9 Å². The van der Waals surface area contributed by atoms with Gasteiger partial charge in [0.25, 0.3) is 5.91 Å². The summed E-state index contributed by atoms with van der Waals surface area (Å²) in [4.78, 5) is 32.7. The van der Waals surface area contributed by atoms with Crippen molar-refractivity contribution in [3.8, 4) is 11.3 Å². The highest BCUT2D eigenvalue weighted by Gasteiger charge is 2.43. The number of hydrogen-bond acceptors (Lipinski definition) is 6. The number of hydrogen-bond donors (Lipinski definition) is 0. The Hall–Kier alpha value is -2.80. The molecular formula is C23H25N5OS. The first-order valence-corrected chi connectivity index (χ1v) is 11.2. The van der Waals surface area contributed by atoms with E-state index >= 15 is 0 Å². The Kier molecular flexibility index (Phi) is 4.77. The molecule has 7 heteroatoms. The summed E-state index contributed by atoms with van der Waals surface area (Å²) in [5, 5.41) is 0.919. The van der Waals surface area contributed by atoms with E-state index in [-0.39, 0.29) is 18.0 Å². The zero-order valence-electron chi connectivity index (χ0n) is 17.5. The van der Waals surface area contributed by atoms with Gasteiger partial charge in [0, 0.05) is 42.1 Å². The smallest absolute Gasteiger partial charge is 0.266 e. The van der Waals surface area contributed by atoms with E-state index in [1.54, 1.807) is 0 Å². The van der Waals surface area contributed by atoms with Crippen LogP contribution in [0.5, 0.6) is 0 Å². The second kappa shape index (κ2) is 7.47. The van der Waals surface area contributed by atoms with Crippen molar-refractivity contribution in [2.75, 3.05) is 18.0 Å². The third kappa shape index (κ3) is 3.37. The minimum Gasteiger partial charge on any atom is -0.334 e. The zero-order chi connectivity index (χ0) is 20.8. The Morgan fingerprint density at radius 2 is 1.60 bits per heavy atom. The van der Waals surface area contributed by atoms with E-state index in [0.717, 1.165) is 51.3 Å². The van der Waals surface area contributed by atoms with Crippen molar-refractivity contribution in [2.45, 2.75) is 45.7 Å². The SMILES string of the molecule is Cc1cc(C)nc(N2C3CCC2CN(C(=O)c2sc(C)nc2-c2ccccc2)C3)n1. The van der Waals surface area contributed by atoms with Crippen molar-refractivity contribution in [3.63, 3.8) is 0 Å². The summed E-state index contributed by atoms with van der Waals surface area (Å²) < 4.78 is 0. The Labute approximate surface area is 180 Å². The fraction of sp³-hybridized carbons (Fsp3) is 0.391. The van der Waals surface area contributed by atoms with E-state index in [9.17, 15) is 4.79 Å². The molecule has 0 radical (unpaired) electrons. The molecule has 1 aromatic carbocycles. The molecule has 2 fully saturated rings. The number of benzene rings is 1. The van der Waals surface area contributed by atoms with Crippen molar-refractivity contribution in [1.82, 2.24) is 19.9 Å². The lowest BCUT2D eigenvalue weighted by atomic mass is 10.1. The molecular weight excluding hydrogens is 394 g/mol. The first-order chi connectivity index (χ1) is 14.5. The minimum absolute atomic E-state index is 0.0948. The highest BCUT2D eigenvalue weighted by Crippen LogP contribution is 2.36. The van der Waals surface area contributed by atoms with Gasteiger partial charge in [-0.2, -0.15) is 0 Å². The van der Waals surface area contributed by atoms with Gasteiger partial charge in [-0.25, -0.2) is 15.0 Å². The summed E-state index contributed by atoms with van der Waals surface area (Å²) in [6, 6.07) is 12.5. The predicted octanol–water partition coefficient (Wildman–Crippen LogP) is 4.02. The van der Waals surface area contributed by atoms with Gasteiger partial charge in [-0.15, -0.1) is 11.3 Å². The van der Waals surface area contributed by atoms with E-state index in [1.807, 2.05) is 62.1 Å². The number of likely N-dealkylation sites (tertiary alicyclic amines) is 1. The van der Waals surface area contributed by atoms with Gasteiger partial charge in [-0.05, 0) is 39.7 Å². The maximum absolute atomic E-state index is 13.5. The summed E-state index contributed by atoms with van der Waals surface area (Å²) in [6.45, 7) is 7.40. The van der Waals surface area contributed by atoms with Crippen molar-refractivity contribution in [1.29, 1.82) is 0 Å². The Morgan fingerprint density at radius 3 is 2.23 bits per heavy atom. The van der Waals surface area contributed by atoms with Gasteiger partial charge in [-0.3, -0.25) is 4.79 Å². The predicted molar refractivity (Wildman–Crippen MR) is 119 cm³/mol. The van der Waals surface area contributed by atoms with Crippen molar-refractivity contribution >= 4 is 23.2 Å². The van der Waals surface area contributed by atoms with E-state index < -0.39 is 0 Å². The highest BCUT2D eigenvalue weighted by atomic mass is 32.1. The summed E-state index contributed by atoms with van der Waals surface area (Å²) in [6.07, 6.45) is 2.14. The van der Waals surface area contributed by atoms with E-state index in [4.69, 9.17) is 0 Å². The number of rotatable bonds is 3. The second-order valence-electron chi connectivity index (χ2n) is 8.23. The number of aryl methyl sites for hydroxylation is 3. The number of nitrogens with zero attached hydrogens (tertiary/aromatic N) is 5. The normalized spacial score (nSPS) is 20.6. The molecule has 0 N–H and O–H groups in total. The topological polar surface area (TPSA) is 62.2 Å². The summed E-state index contributed by atoms with van der Waals surface area (Å²) in [5.41, 5.74) is 3.78. The van der Waals surface area contributed by atoms with Crippen LogP contribution < -0.4 is 4.90 Å². The molecule has 0 spiro atoms. The van der Waals surface area contributed by atoms with E-state index in [0.29, 0.717) is 13.1 Å². The van der Waals surface area contributed by atoms with Crippen LogP contribution in [0.2, 0.25) is 0 Å². The van der Waals surface area contributed by atoms with Crippen molar-refractivity contribution in [3.05, 3.63) is 57.7 Å². The van der Waals surface area contributed by atoms with Gasteiger partial charge in [0.1, 0.15) is 4.88 Å². The maximum atomic E-state index is 13.5. The van der Waals surface area contributed by atoms with Gasteiger partial charge < -0.3 is 9.80 Å². The molecule has 2 unspecified atom stereocenters. The third-order valence-corrected chi connectivity index (χ3v) is 6.91. The van der Waals surface area contributed by atoms with Crippen LogP contribution >= 0.6 is 11.3 Å². The Morgan fingerprint density at radius 1 is 0.967 bits per heavy atom. The standard InChI is InChI=1S/C23H25N5OS/c1-14-11-15(2)25-23(24-14)28-18-9-10-19(28)13-27(12-18)22(29)21-20(26-16(3)30-21)17-7-5-4-6-8-17/h4-8,11,18-19H,9-10,12-13H2,1-3H3. The van der Waals surface area contributed by atoms with Gasteiger partial charge in [0.05, 0.1) is 10.7 Å². The molecule has 2 aliphatic heterocycles. The lowest BCUT2D eigenvalue weighted by molar-refractivity contribution is 0.0722. The number of fused-ring (bicyclic) bond motifs is 2. The van der Waals surface area contributed by atoms with Crippen LogP contribution in [0.25, 0.3) is 11.3 Å². The number of aromatic nitrogens is 3. The van der Waals surface area contributed by atoms with Crippen LogP contribution in [0, 0.1) is 20.8 Å². The van der Waals surface area contributed by atoms with Gasteiger partial charge in [0.15, 0.2) is 0 Å². The fourth-order valence-electron chi connectivity index (χ4n) is 4.73. The number of anilines is 1. The Bertz CT molecular complexity index is 1060. The third-order valence-electron chi connectivity index (χ3n) is 5.95. The van der Waals surface area contributed by atoms with Crippen molar-refractivity contribution < 1.29 is 4.79 Å². The van der Waals surface area contributed by atoms with Crippen LogP contribution in [-0.2, 0) is 0 Å². The number of carbonyl (C=O) groups excluding carboxylic acids is 1. The van der Waals surface area contributed by atoms with Gasteiger partial charge >= 0.3 is 0 Å². The van der Waals surface area contributed by atoms with Crippen LogP contribution in [0.15, 0.2) is 36.4 Å². The quantitative estimate of drug-likeness (QED) is 0.642. The largest absolute Gasteiger partial charge is 0.334 e. The molecule has 5 rings (SSSR count). The molecule has 3 aromatic rings. The lowest BCUT2D eigenvalue weighted by Gasteiger charge is -2.41. The molecule has 0 saturated carbocycles. The molecule has 2 bridgehead atoms. The number of carbonyl (C=O) groups is 1. The average Bonchev–Trinajstić information content (AvgIpc) is 3.24. The molecule has 154 valence electrons. The van der Waals surface area contributed by atoms with Gasteiger partial charge in [-0.1, -0.05) is 30.3 Å². The van der Waals surface area contributed by atoms with Crippen LogP contribution in [0.3, 0.4) is 0 Å². The summed E-state index contributed by atoms with van der Waals surface area (Å²) >= 11 is 1.49. The number of thiazole rings is 1. The minimum atomic E-state index is 0.0948. The molecule has 2 aromatic heterocycles. The monoisotopic (exact) mass is 419 g/mol. The fourth-order valence-corrected chi connectivity index (χ4v) is 5.63. The zero-order valence-corrected chi connectivity index (χ0v) is 18.3. The number of amides is 1. The molecule has 2 saturated heterocycles. The Balaban J connectivity index is 1.41. The van der Waals surface area contributed by atoms with Crippen LogP contribution in [0.4, 0.5) is 5.95 Å². The first-order valence-electron chi connectivity index (χ1n) is 10.4. The first kappa shape index (κ1) is 19.2. The summed E-state index contributed by atoms with van der Waals surface area (Å²) in [7, 11) is 0. The molecule has 4 heterocycles. The molecule has 0 aliphatic carbocycles. The molecule has 30 heavy (non-hydrogen) atoms. The van der Waals surface area contributed by atoms with Gasteiger partial charge in [0.2, 0.25) is 5.95 Å². The second-order valence-corrected chi connectivity index (χ2v) is 9.43. The molecule has 6 nitrogen and oxygen atoms in total. The highest BCUT2D eigenvalue weighted by molar-refractivity contribution is 7.14. The average molecular weight is 420 g/mol. The van der Waals surface area contributed by atoms with E-state index in [1.165, 1.54) is 11.3 Å². The molecule has 2 atom stereocenters. The lowest BCUT2D eigenvalue weighted by Crippen LogP contribution is -2.56. The molecule has 1 amide bonds.